The van der Waals surface area contributed by atoms with Gasteiger partial charge in [-0.2, -0.15) is 0 Å². The summed E-state index contributed by atoms with van der Waals surface area (Å²) in [5, 5.41) is 12.3. The lowest BCUT2D eigenvalue weighted by atomic mass is 9.74. The van der Waals surface area contributed by atoms with Crippen LogP contribution >= 0.6 is 23.2 Å². The lowest BCUT2D eigenvalue weighted by Crippen LogP contribution is -2.45. The molecule has 0 saturated carbocycles. The molecular weight excluding hydrogens is 387 g/mol. The van der Waals surface area contributed by atoms with E-state index in [0.717, 1.165) is 18.4 Å². The van der Waals surface area contributed by atoms with Crippen molar-refractivity contribution in [1.29, 1.82) is 0 Å². The molecule has 3 rings (SSSR count). The fourth-order valence-corrected chi connectivity index (χ4v) is 3.86. The van der Waals surface area contributed by atoms with Crippen LogP contribution in [-0.2, 0) is 10.2 Å². The van der Waals surface area contributed by atoms with Crippen LogP contribution in [0.4, 0.5) is 5.82 Å². The lowest BCUT2D eigenvalue weighted by molar-refractivity contribution is 0.0487. The Labute approximate surface area is 168 Å². The second-order valence-corrected chi connectivity index (χ2v) is 7.71. The van der Waals surface area contributed by atoms with E-state index in [9.17, 15) is 4.79 Å². The van der Waals surface area contributed by atoms with Gasteiger partial charge in [-0.05, 0) is 42.7 Å². The van der Waals surface area contributed by atoms with E-state index in [1.807, 2.05) is 31.1 Å². The van der Waals surface area contributed by atoms with Gasteiger partial charge in [0, 0.05) is 49.3 Å². The molecule has 0 bridgehead atoms. The van der Waals surface area contributed by atoms with Crippen molar-refractivity contribution in [3.05, 3.63) is 51.6 Å². The molecule has 144 valence electrons. The molecular formula is C19H22Cl2N4O2. The SMILES string of the molecule is CN(C)c1ccc(C(=O)NCC2(c3ccc(Cl)cc3Cl)CCOCC2)nn1. The third-order valence-corrected chi connectivity index (χ3v) is 5.43. The van der Waals surface area contributed by atoms with Crippen molar-refractivity contribution in [2.75, 3.05) is 38.8 Å². The molecule has 1 N–H and O–H groups in total. The molecule has 1 aliphatic heterocycles. The summed E-state index contributed by atoms with van der Waals surface area (Å²) in [6.45, 7) is 1.67. The van der Waals surface area contributed by atoms with Crippen molar-refractivity contribution in [3.63, 3.8) is 0 Å². The summed E-state index contributed by atoms with van der Waals surface area (Å²) < 4.78 is 5.53. The maximum Gasteiger partial charge on any atom is 0.271 e. The zero-order chi connectivity index (χ0) is 19.4. The Morgan fingerprint density at radius 2 is 1.93 bits per heavy atom. The number of anilines is 1. The molecule has 0 atom stereocenters. The summed E-state index contributed by atoms with van der Waals surface area (Å²) in [7, 11) is 3.74. The van der Waals surface area contributed by atoms with Gasteiger partial charge in [-0.1, -0.05) is 29.3 Å². The number of amides is 1. The minimum Gasteiger partial charge on any atom is -0.381 e. The second kappa shape index (κ2) is 8.42. The van der Waals surface area contributed by atoms with Crippen LogP contribution in [-0.4, -0.2) is 50.0 Å². The zero-order valence-electron chi connectivity index (χ0n) is 15.3. The smallest absolute Gasteiger partial charge is 0.271 e. The highest BCUT2D eigenvalue weighted by Crippen LogP contribution is 2.39. The Morgan fingerprint density at radius 1 is 1.19 bits per heavy atom. The van der Waals surface area contributed by atoms with Gasteiger partial charge >= 0.3 is 0 Å². The Bertz CT molecular complexity index is 806. The van der Waals surface area contributed by atoms with Gasteiger partial charge in [-0.15, -0.1) is 10.2 Å². The van der Waals surface area contributed by atoms with E-state index < -0.39 is 0 Å². The van der Waals surface area contributed by atoms with Crippen molar-refractivity contribution in [2.24, 2.45) is 0 Å². The summed E-state index contributed by atoms with van der Waals surface area (Å²) >= 11 is 12.5. The van der Waals surface area contributed by atoms with Gasteiger partial charge in [-0.25, -0.2) is 0 Å². The standard InChI is InChI=1S/C19H22Cl2N4O2/c1-25(2)17-6-5-16(23-24-17)18(26)22-12-19(7-9-27-10-8-19)14-4-3-13(20)11-15(14)21/h3-6,11H,7-10,12H2,1-2H3,(H,22,26). The minimum atomic E-state index is -0.299. The van der Waals surface area contributed by atoms with E-state index >= 15 is 0 Å². The molecule has 8 heteroatoms. The van der Waals surface area contributed by atoms with Crippen LogP contribution in [0.25, 0.3) is 0 Å². The Kier molecular flexibility index (Phi) is 6.19. The lowest BCUT2D eigenvalue weighted by Gasteiger charge is -2.38. The van der Waals surface area contributed by atoms with E-state index in [2.05, 4.69) is 15.5 Å². The van der Waals surface area contributed by atoms with E-state index in [1.165, 1.54) is 0 Å². The minimum absolute atomic E-state index is 0.260. The van der Waals surface area contributed by atoms with Gasteiger partial charge in [0.15, 0.2) is 11.5 Å². The first-order valence-corrected chi connectivity index (χ1v) is 9.49. The van der Waals surface area contributed by atoms with Crippen molar-refractivity contribution in [2.45, 2.75) is 18.3 Å². The fourth-order valence-electron chi connectivity index (χ4n) is 3.25. The highest BCUT2D eigenvalue weighted by molar-refractivity contribution is 6.35. The molecule has 1 fully saturated rings. The molecule has 1 amide bonds. The quantitative estimate of drug-likeness (QED) is 0.821. The van der Waals surface area contributed by atoms with E-state index in [-0.39, 0.29) is 17.0 Å². The maximum atomic E-state index is 12.6. The van der Waals surface area contributed by atoms with Crippen LogP contribution in [0.2, 0.25) is 10.0 Å². The predicted octanol–water partition coefficient (Wildman–Crippen LogP) is 3.33. The monoisotopic (exact) mass is 408 g/mol. The number of hydrogen-bond donors (Lipinski definition) is 1. The normalized spacial score (nSPS) is 16.0. The second-order valence-electron chi connectivity index (χ2n) is 6.87. The molecule has 1 aliphatic rings. The van der Waals surface area contributed by atoms with E-state index in [4.69, 9.17) is 27.9 Å². The molecule has 27 heavy (non-hydrogen) atoms. The molecule has 0 unspecified atom stereocenters. The number of rotatable bonds is 5. The first kappa shape index (κ1) is 19.9. The fraction of sp³-hybridized carbons (Fsp3) is 0.421. The van der Waals surface area contributed by atoms with Gasteiger partial charge in [0.05, 0.1) is 0 Å². The summed E-state index contributed by atoms with van der Waals surface area (Å²) in [5.41, 5.74) is 0.961. The number of halogens is 2. The third kappa shape index (κ3) is 4.51. The topological polar surface area (TPSA) is 67.4 Å². The van der Waals surface area contributed by atoms with E-state index in [0.29, 0.717) is 35.6 Å². The Morgan fingerprint density at radius 3 is 2.52 bits per heavy atom. The average Bonchev–Trinajstić information content (AvgIpc) is 2.67. The molecule has 1 aromatic heterocycles. The van der Waals surface area contributed by atoms with Crippen molar-refractivity contribution >= 4 is 34.9 Å². The number of carbonyl (C=O) groups is 1. The largest absolute Gasteiger partial charge is 0.381 e. The summed E-state index contributed by atoms with van der Waals surface area (Å²) in [5.74, 6) is 0.434. The number of hydrogen-bond acceptors (Lipinski definition) is 5. The maximum absolute atomic E-state index is 12.6. The number of carbonyl (C=O) groups excluding carboxylic acids is 1. The summed E-state index contributed by atoms with van der Waals surface area (Å²) in [4.78, 5) is 14.4. The first-order valence-electron chi connectivity index (χ1n) is 8.74. The predicted molar refractivity (Wildman–Crippen MR) is 107 cm³/mol. The van der Waals surface area contributed by atoms with Crippen molar-refractivity contribution < 1.29 is 9.53 Å². The molecule has 2 aromatic rings. The van der Waals surface area contributed by atoms with Crippen LogP contribution in [0.3, 0.4) is 0 Å². The Hall–Kier alpha value is -1.89. The molecule has 1 saturated heterocycles. The molecule has 0 radical (unpaired) electrons. The van der Waals surface area contributed by atoms with Crippen LogP contribution in [0.1, 0.15) is 28.9 Å². The molecule has 0 aliphatic carbocycles. The van der Waals surface area contributed by atoms with Crippen molar-refractivity contribution in [3.8, 4) is 0 Å². The van der Waals surface area contributed by atoms with Crippen LogP contribution in [0.15, 0.2) is 30.3 Å². The van der Waals surface area contributed by atoms with Crippen LogP contribution in [0.5, 0.6) is 0 Å². The number of ether oxygens (including phenoxy) is 1. The van der Waals surface area contributed by atoms with Gasteiger partial charge in [0.1, 0.15) is 0 Å². The number of nitrogens with one attached hydrogen (secondary N) is 1. The average molecular weight is 409 g/mol. The Balaban J connectivity index is 1.78. The molecule has 0 spiro atoms. The number of nitrogens with zero attached hydrogens (tertiary/aromatic N) is 3. The van der Waals surface area contributed by atoms with Crippen molar-refractivity contribution in [1.82, 2.24) is 15.5 Å². The highest BCUT2D eigenvalue weighted by Gasteiger charge is 2.36. The molecule has 6 nitrogen and oxygen atoms in total. The van der Waals surface area contributed by atoms with Gasteiger partial charge < -0.3 is 15.0 Å². The number of benzene rings is 1. The highest BCUT2D eigenvalue weighted by atomic mass is 35.5. The van der Waals surface area contributed by atoms with Gasteiger partial charge in [-0.3, -0.25) is 4.79 Å². The zero-order valence-corrected chi connectivity index (χ0v) is 16.8. The van der Waals surface area contributed by atoms with Gasteiger partial charge in [0.25, 0.3) is 5.91 Å². The first-order chi connectivity index (χ1) is 12.9. The van der Waals surface area contributed by atoms with Gasteiger partial charge in [0.2, 0.25) is 0 Å². The van der Waals surface area contributed by atoms with Crippen LogP contribution in [0, 0.1) is 0 Å². The third-order valence-electron chi connectivity index (χ3n) is 4.88. The van der Waals surface area contributed by atoms with Crippen LogP contribution < -0.4 is 10.2 Å². The summed E-state index contributed by atoms with van der Waals surface area (Å²) in [6.07, 6.45) is 1.53. The summed E-state index contributed by atoms with van der Waals surface area (Å²) in [6, 6.07) is 8.94. The number of aromatic nitrogens is 2. The van der Waals surface area contributed by atoms with E-state index in [1.54, 1.807) is 18.2 Å². The molecule has 2 heterocycles. The molecule has 1 aromatic carbocycles.